The zero-order valence-electron chi connectivity index (χ0n) is 10.1. The molecule has 1 aromatic carbocycles. The van der Waals surface area contributed by atoms with E-state index in [0.29, 0.717) is 15.7 Å². The third kappa shape index (κ3) is 4.22. The van der Waals surface area contributed by atoms with Crippen LogP contribution in [0.25, 0.3) is 0 Å². The highest BCUT2D eigenvalue weighted by molar-refractivity contribution is 8.00. The van der Waals surface area contributed by atoms with E-state index >= 15 is 0 Å². The Morgan fingerprint density at radius 1 is 1.53 bits per heavy atom. The highest BCUT2D eigenvalue weighted by Crippen LogP contribution is 2.22. The van der Waals surface area contributed by atoms with Crippen LogP contribution in [0, 0.1) is 12.7 Å². The Bertz CT molecular complexity index is 580. The van der Waals surface area contributed by atoms with E-state index in [1.54, 1.807) is 6.07 Å². The van der Waals surface area contributed by atoms with E-state index in [9.17, 15) is 9.18 Å². The maximum absolute atomic E-state index is 13.1. The predicted molar refractivity (Wildman–Crippen MR) is 77.0 cm³/mol. The van der Waals surface area contributed by atoms with E-state index in [-0.39, 0.29) is 11.7 Å². The summed E-state index contributed by atoms with van der Waals surface area (Å²) in [6, 6.07) is 4.22. The lowest BCUT2D eigenvalue weighted by atomic mass is 10.3. The van der Waals surface area contributed by atoms with Gasteiger partial charge in [0.1, 0.15) is 5.82 Å². The maximum Gasteiger partial charge on any atom is 0.236 e. The number of carbonyl (C=O) groups is 1. The van der Waals surface area contributed by atoms with Gasteiger partial charge in [-0.2, -0.15) is 0 Å². The van der Waals surface area contributed by atoms with Gasteiger partial charge in [0, 0.05) is 16.0 Å². The van der Waals surface area contributed by atoms with Crippen LogP contribution in [-0.2, 0) is 4.79 Å². The van der Waals surface area contributed by atoms with Crippen molar-refractivity contribution in [1.82, 2.24) is 4.98 Å². The molecule has 0 aliphatic carbocycles. The molecule has 1 aromatic heterocycles. The molecule has 0 unspecified atom stereocenters. The summed E-state index contributed by atoms with van der Waals surface area (Å²) >= 11 is 2.60. The quantitative estimate of drug-likeness (QED) is 0.672. The number of hydrogen-bond acceptors (Lipinski definition) is 5. The molecule has 0 aliphatic rings. The summed E-state index contributed by atoms with van der Waals surface area (Å²) in [4.78, 5) is 16.4. The minimum absolute atomic E-state index is 0.179. The Morgan fingerprint density at radius 3 is 2.95 bits per heavy atom. The Balaban J connectivity index is 1.89. The lowest BCUT2D eigenvalue weighted by molar-refractivity contribution is -0.113. The van der Waals surface area contributed by atoms with E-state index in [0.717, 1.165) is 5.69 Å². The summed E-state index contributed by atoms with van der Waals surface area (Å²) < 4.78 is 13.1. The molecule has 0 radical (unpaired) electrons. The second kappa shape index (κ2) is 6.03. The first kappa shape index (κ1) is 13.8. The van der Waals surface area contributed by atoms with Crippen LogP contribution in [0.2, 0.25) is 0 Å². The van der Waals surface area contributed by atoms with Crippen molar-refractivity contribution in [3.05, 3.63) is 35.1 Å². The van der Waals surface area contributed by atoms with Crippen LogP contribution in [0.3, 0.4) is 0 Å². The van der Waals surface area contributed by atoms with E-state index in [1.807, 2.05) is 12.3 Å². The van der Waals surface area contributed by atoms with E-state index in [4.69, 9.17) is 5.73 Å². The van der Waals surface area contributed by atoms with Crippen molar-refractivity contribution in [3.63, 3.8) is 0 Å². The van der Waals surface area contributed by atoms with E-state index in [2.05, 4.69) is 10.3 Å². The fourth-order valence-electron chi connectivity index (χ4n) is 1.38. The van der Waals surface area contributed by atoms with Crippen molar-refractivity contribution in [2.45, 2.75) is 11.8 Å². The number of nitrogens with zero attached hydrogens (tertiary/aromatic N) is 1. The highest BCUT2D eigenvalue weighted by atomic mass is 32.2. The molecule has 0 saturated heterocycles. The van der Waals surface area contributed by atoms with Crippen LogP contribution in [0.15, 0.2) is 28.5 Å². The molecule has 0 spiro atoms. The molecule has 4 nitrogen and oxygen atoms in total. The average molecular weight is 297 g/mol. The molecule has 2 rings (SSSR count). The molecule has 3 N–H and O–H groups in total. The smallest absolute Gasteiger partial charge is 0.236 e. The number of aromatic nitrogens is 1. The summed E-state index contributed by atoms with van der Waals surface area (Å²) in [6.07, 6.45) is 0. The molecule has 1 amide bonds. The molecule has 0 atom stereocenters. The van der Waals surface area contributed by atoms with Gasteiger partial charge >= 0.3 is 0 Å². The first-order valence-corrected chi connectivity index (χ1v) is 7.30. The highest BCUT2D eigenvalue weighted by Gasteiger charge is 2.07. The van der Waals surface area contributed by atoms with Crippen molar-refractivity contribution in [2.75, 3.05) is 16.8 Å². The number of benzene rings is 1. The largest absolute Gasteiger partial charge is 0.399 e. The van der Waals surface area contributed by atoms with Gasteiger partial charge in [0.05, 0.1) is 11.4 Å². The van der Waals surface area contributed by atoms with Gasteiger partial charge in [0.25, 0.3) is 0 Å². The molecule has 0 fully saturated rings. The molecule has 0 saturated carbocycles. The first-order chi connectivity index (χ1) is 9.02. The molecule has 7 heteroatoms. The minimum Gasteiger partial charge on any atom is -0.399 e. The predicted octanol–water partition coefficient (Wildman–Crippen LogP) is 2.90. The van der Waals surface area contributed by atoms with Gasteiger partial charge in [-0.25, -0.2) is 9.37 Å². The summed E-state index contributed by atoms with van der Waals surface area (Å²) in [5.74, 6) is -0.401. The topological polar surface area (TPSA) is 68.0 Å². The molecule has 1 heterocycles. The van der Waals surface area contributed by atoms with Crippen molar-refractivity contribution in [2.24, 2.45) is 0 Å². The van der Waals surface area contributed by atoms with Crippen molar-refractivity contribution in [3.8, 4) is 0 Å². The minimum atomic E-state index is -0.404. The molecular formula is C12H12FN3OS2. The van der Waals surface area contributed by atoms with Crippen LogP contribution in [0.4, 0.5) is 15.2 Å². The van der Waals surface area contributed by atoms with Gasteiger partial charge in [0.2, 0.25) is 5.91 Å². The van der Waals surface area contributed by atoms with E-state index in [1.165, 1.54) is 35.2 Å². The Hall–Kier alpha value is -1.60. The monoisotopic (exact) mass is 297 g/mol. The van der Waals surface area contributed by atoms with Crippen LogP contribution >= 0.6 is 23.1 Å². The van der Waals surface area contributed by atoms with Gasteiger partial charge in [-0.1, -0.05) is 0 Å². The fraction of sp³-hybridized carbons (Fsp3) is 0.167. The molecule has 100 valence electrons. The summed E-state index contributed by atoms with van der Waals surface area (Å²) in [5, 5.41) is 5.11. The van der Waals surface area contributed by atoms with E-state index < -0.39 is 5.82 Å². The number of hydrogen-bond donors (Lipinski definition) is 2. The summed E-state index contributed by atoms with van der Waals surface area (Å²) in [7, 11) is 0. The van der Waals surface area contributed by atoms with Gasteiger partial charge in [-0.15, -0.1) is 23.1 Å². The van der Waals surface area contributed by atoms with Gasteiger partial charge in [0.15, 0.2) is 5.13 Å². The first-order valence-electron chi connectivity index (χ1n) is 5.44. The van der Waals surface area contributed by atoms with Crippen molar-refractivity contribution >= 4 is 39.8 Å². The lowest BCUT2D eigenvalue weighted by Crippen LogP contribution is -2.13. The number of carbonyl (C=O) groups excluding carboxylic acids is 1. The number of nitrogens with one attached hydrogen (secondary N) is 1. The Morgan fingerprint density at radius 2 is 2.32 bits per heavy atom. The molecule has 0 aliphatic heterocycles. The summed E-state index contributed by atoms with van der Waals surface area (Å²) in [6.45, 7) is 1.86. The maximum atomic E-state index is 13.1. The number of amides is 1. The van der Waals surface area contributed by atoms with Crippen LogP contribution in [0.1, 0.15) is 5.69 Å². The third-order valence-electron chi connectivity index (χ3n) is 2.13. The second-order valence-corrected chi connectivity index (χ2v) is 5.76. The van der Waals surface area contributed by atoms with Gasteiger partial charge in [-0.05, 0) is 25.1 Å². The number of nitrogen functional groups attached to an aromatic ring is 1. The van der Waals surface area contributed by atoms with Gasteiger partial charge < -0.3 is 11.1 Å². The number of anilines is 2. The molecular weight excluding hydrogens is 285 g/mol. The zero-order valence-corrected chi connectivity index (χ0v) is 11.8. The SMILES string of the molecule is Cc1csc(NC(=O)CSc2cc(N)cc(F)c2)n1. The number of rotatable bonds is 4. The number of nitrogens with two attached hydrogens (primary N) is 1. The number of aryl methyl sites for hydroxylation is 1. The lowest BCUT2D eigenvalue weighted by Gasteiger charge is -2.03. The van der Waals surface area contributed by atoms with Crippen molar-refractivity contribution < 1.29 is 9.18 Å². The number of thiazole rings is 1. The van der Waals surface area contributed by atoms with Gasteiger partial charge in [-0.3, -0.25) is 4.79 Å². The Labute approximate surface area is 118 Å². The Kier molecular flexibility index (Phi) is 4.39. The number of thioether (sulfide) groups is 1. The molecule has 0 bridgehead atoms. The van der Waals surface area contributed by atoms with Crippen LogP contribution in [0.5, 0.6) is 0 Å². The zero-order chi connectivity index (χ0) is 13.8. The summed E-state index contributed by atoms with van der Waals surface area (Å²) in [5.41, 5.74) is 6.74. The fourth-order valence-corrected chi connectivity index (χ4v) is 2.87. The number of halogens is 1. The molecule has 19 heavy (non-hydrogen) atoms. The van der Waals surface area contributed by atoms with Crippen LogP contribution in [-0.4, -0.2) is 16.6 Å². The van der Waals surface area contributed by atoms with Crippen LogP contribution < -0.4 is 11.1 Å². The average Bonchev–Trinajstić information content (AvgIpc) is 2.71. The molecule has 2 aromatic rings. The van der Waals surface area contributed by atoms with Crippen molar-refractivity contribution in [1.29, 1.82) is 0 Å². The second-order valence-electron chi connectivity index (χ2n) is 3.85. The normalized spacial score (nSPS) is 10.4. The standard InChI is InChI=1S/C12H12FN3OS2/c1-7-5-19-12(15-7)16-11(17)6-18-10-3-8(13)2-9(14)4-10/h2-5H,6,14H2,1H3,(H,15,16,17). The third-order valence-corrected chi connectivity index (χ3v) is 3.98.